The summed E-state index contributed by atoms with van der Waals surface area (Å²) >= 11 is 0. The van der Waals surface area contributed by atoms with Crippen molar-refractivity contribution in [3.05, 3.63) is 17.9 Å². The Morgan fingerprint density at radius 3 is 2.72 bits per heavy atom. The minimum atomic E-state index is -3.11. The summed E-state index contributed by atoms with van der Waals surface area (Å²) in [6, 6.07) is 1.91. The molecule has 0 bridgehead atoms. The van der Waals surface area contributed by atoms with Gasteiger partial charge >= 0.3 is 6.61 Å². The fraction of sp³-hybridized carbons (Fsp3) is 0.455. The molecule has 1 heterocycles. The number of halogens is 3. The lowest BCUT2D eigenvalue weighted by Crippen LogP contribution is -2.17. The summed E-state index contributed by atoms with van der Waals surface area (Å²) in [5.74, 6) is -1.43. The Morgan fingerprint density at radius 2 is 2.11 bits per heavy atom. The van der Waals surface area contributed by atoms with Crippen LogP contribution in [-0.4, -0.2) is 25.9 Å². The Kier molecular flexibility index (Phi) is 3.81. The molecule has 100 valence electrons. The zero-order valence-corrected chi connectivity index (χ0v) is 9.37. The second kappa shape index (κ2) is 5.34. The summed E-state index contributed by atoms with van der Waals surface area (Å²) < 4.78 is 52.0. The van der Waals surface area contributed by atoms with E-state index in [1.807, 2.05) is 0 Å². The van der Waals surface area contributed by atoms with Crippen LogP contribution in [0.5, 0.6) is 11.5 Å². The number of anilines is 1. The van der Waals surface area contributed by atoms with Crippen molar-refractivity contribution in [1.29, 1.82) is 0 Å². The molecule has 2 N–H and O–H groups in total. The van der Waals surface area contributed by atoms with E-state index < -0.39 is 18.2 Å². The first-order valence-electron chi connectivity index (χ1n) is 5.34. The monoisotopic (exact) mass is 263 g/mol. The summed E-state index contributed by atoms with van der Waals surface area (Å²) in [5.41, 5.74) is 5.58. The van der Waals surface area contributed by atoms with Crippen LogP contribution in [0.2, 0.25) is 0 Å². The van der Waals surface area contributed by atoms with Crippen molar-refractivity contribution in [3.8, 4) is 11.5 Å². The number of benzene rings is 1. The first-order valence-corrected chi connectivity index (χ1v) is 5.34. The SMILES string of the molecule is Nc1cc(F)c(OC(F)F)cc1OC1CCOC1. The minimum absolute atomic E-state index is 0.0287. The third kappa shape index (κ3) is 2.98. The highest BCUT2D eigenvalue weighted by Crippen LogP contribution is 2.32. The van der Waals surface area contributed by atoms with E-state index in [0.717, 1.165) is 12.1 Å². The van der Waals surface area contributed by atoms with Gasteiger partial charge in [-0.15, -0.1) is 0 Å². The molecule has 1 aromatic carbocycles. The van der Waals surface area contributed by atoms with Gasteiger partial charge in [-0.05, 0) is 0 Å². The average Bonchev–Trinajstić information content (AvgIpc) is 2.77. The summed E-state index contributed by atoms with van der Waals surface area (Å²) in [5, 5.41) is 0. The molecule has 1 fully saturated rings. The molecular weight excluding hydrogens is 251 g/mol. The van der Waals surface area contributed by atoms with Gasteiger partial charge in [-0.3, -0.25) is 0 Å². The van der Waals surface area contributed by atoms with Gasteiger partial charge in [0.2, 0.25) is 0 Å². The Hall–Kier alpha value is -1.63. The molecule has 2 rings (SSSR count). The summed E-state index contributed by atoms with van der Waals surface area (Å²) in [7, 11) is 0. The molecule has 1 aliphatic rings. The van der Waals surface area contributed by atoms with Crippen molar-refractivity contribution in [2.45, 2.75) is 19.1 Å². The number of hydrogen-bond donors (Lipinski definition) is 1. The third-order valence-electron chi connectivity index (χ3n) is 2.46. The van der Waals surface area contributed by atoms with E-state index in [2.05, 4.69) is 4.74 Å². The Bertz CT molecular complexity index is 422. The van der Waals surface area contributed by atoms with E-state index in [1.165, 1.54) is 0 Å². The highest BCUT2D eigenvalue weighted by Gasteiger charge is 2.20. The van der Waals surface area contributed by atoms with E-state index in [-0.39, 0.29) is 17.5 Å². The van der Waals surface area contributed by atoms with Crippen molar-refractivity contribution in [2.24, 2.45) is 0 Å². The van der Waals surface area contributed by atoms with Gasteiger partial charge in [0, 0.05) is 18.6 Å². The first-order chi connectivity index (χ1) is 8.56. The highest BCUT2D eigenvalue weighted by atomic mass is 19.3. The number of nitrogen functional groups attached to an aromatic ring is 1. The largest absolute Gasteiger partial charge is 0.486 e. The fourth-order valence-electron chi connectivity index (χ4n) is 1.62. The minimum Gasteiger partial charge on any atom is -0.486 e. The Morgan fingerprint density at radius 1 is 1.33 bits per heavy atom. The van der Waals surface area contributed by atoms with Gasteiger partial charge in [0.1, 0.15) is 11.9 Å². The van der Waals surface area contributed by atoms with Crippen LogP contribution in [0.3, 0.4) is 0 Å². The third-order valence-corrected chi connectivity index (χ3v) is 2.46. The lowest BCUT2D eigenvalue weighted by molar-refractivity contribution is -0.0523. The van der Waals surface area contributed by atoms with E-state index in [0.29, 0.717) is 19.6 Å². The van der Waals surface area contributed by atoms with Crippen molar-refractivity contribution in [1.82, 2.24) is 0 Å². The van der Waals surface area contributed by atoms with E-state index in [9.17, 15) is 13.2 Å². The topological polar surface area (TPSA) is 53.7 Å². The van der Waals surface area contributed by atoms with Gasteiger partial charge < -0.3 is 19.9 Å². The maximum atomic E-state index is 13.3. The predicted molar refractivity (Wildman–Crippen MR) is 57.3 cm³/mol. The first kappa shape index (κ1) is 12.8. The summed E-state index contributed by atoms with van der Waals surface area (Å²) in [6.07, 6.45) is 0.458. The van der Waals surface area contributed by atoms with E-state index in [1.54, 1.807) is 0 Å². The van der Waals surface area contributed by atoms with E-state index in [4.69, 9.17) is 15.2 Å². The maximum Gasteiger partial charge on any atom is 0.387 e. The average molecular weight is 263 g/mol. The molecule has 0 saturated carbocycles. The molecule has 0 amide bonds. The number of rotatable bonds is 4. The molecule has 4 nitrogen and oxygen atoms in total. The van der Waals surface area contributed by atoms with Crippen LogP contribution >= 0.6 is 0 Å². The van der Waals surface area contributed by atoms with Crippen LogP contribution in [0.1, 0.15) is 6.42 Å². The smallest absolute Gasteiger partial charge is 0.387 e. The fourth-order valence-corrected chi connectivity index (χ4v) is 1.62. The standard InChI is InChI=1S/C11H12F3NO3/c12-7-3-8(15)10(4-9(7)18-11(13)14)17-6-1-2-16-5-6/h3-4,6,11H,1-2,5,15H2. The lowest BCUT2D eigenvalue weighted by Gasteiger charge is -2.15. The van der Waals surface area contributed by atoms with Gasteiger partial charge in [0.25, 0.3) is 0 Å². The normalized spacial score (nSPS) is 19.2. The number of alkyl halides is 2. The molecule has 1 atom stereocenters. The molecule has 1 aliphatic heterocycles. The Labute approximate surface area is 101 Å². The van der Waals surface area contributed by atoms with Crippen LogP contribution in [-0.2, 0) is 4.74 Å². The summed E-state index contributed by atoms with van der Waals surface area (Å²) in [4.78, 5) is 0. The molecular formula is C11H12F3NO3. The second-order valence-electron chi connectivity index (χ2n) is 3.80. The maximum absolute atomic E-state index is 13.3. The number of nitrogens with two attached hydrogens (primary N) is 1. The second-order valence-corrected chi connectivity index (χ2v) is 3.80. The van der Waals surface area contributed by atoms with Crippen LogP contribution in [0.15, 0.2) is 12.1 Å². The molecule has 1 unspecified atom stereocenters. The predicted octanol–water partition coefficient (Wildman–Crippen LogP) is 2.18. The lowest BCUT2D eigenvalue weighted by atomic mass is 10.2. The van der Waals surface area contributed by atoms with Crippen molar-refractivity contribution >= 4 is 5.69 Å². The van der Waals surface area contributed by atoms with Crippen molar-refractivity contribution in [3.63, 3.8) is 0 Å². The van der Waals surface area contributed by atoms with Gasteiger partial charge in [-0.1, -0.05) is 0 Å². The van der Waals surface area contributed by atoms with Crippen LogP contribution < -0.4 is 15.2 Å². The molecule has 0 aliphatic carbocycles. The molecule has 7 heteroatoms. The van der Waals surface area contributed by atoms with Crippen molar-refractivity contribution in [2.75, 3.05) is 18.9 Å². The summed E-state index contributed by atoms with van der Waals surface area (Å²) in [6.45, 7) is -2.15. The molecule has 1 aromatic rings. The van der Waals surface area contributed by atoms with Gasteiger partial charge in [0.05, 0.1) is 18.9 Å². The molecule has 1 saturated heterocycles. The van der Waals surface area contributed by atoms with Crippen molar-refractivity contribution < 1.29 is 27.4 Å². The molecule has 0 radical (unpaired) electrons. The van der Waals surface area contributed by atoms with Gasteiger partial charge in [-0.25, -0.2) is 4.39 Å². The highest BCUT2D eigenvalue weighted by molar-refractivity contribution is 5.56. The van der Waals surface area contributed by atoms with Crippen LogP contribution in [0, 0.1) is 5.82 Å². The zero-order chi connectivity index (χ0) is 13.1. The van der Waals surface area contributed by atoms with E-state index >= 15 is 0 Å². The van der Waals surface area contributed by atoms with Gasteiger partial charge in [0.15, 0.2) is 11.6 Å². The number of hydrogen-bond acceptors (Lipinski definition) is 4. The molecule has 18 heavy (non-hydrogen) atoms. The molecule has 0 aromatic heterocycles. The Balaban J connectivity index is 2.17. The molecule has 0 spiro atoms. The quantitative estimate of drug-likeness (QED) is 0.846. The number of ether oxygens (including phenoxy) is 3. The van der Waals surface area contributed by atoms with Crippen LogP contribution in [0.25, 0.3) is 0 Å². The zero-order valence-electron chi connectivity index (χ0n) is 9.37. The van der Waals surface area contributed by atoms with Crippen LogP contribution in [0.4, 0.5) is 18.9 Å². The van der Waals surface area contributed by atoms with Gasteiger partial charge in [-0.2, -0.15) is 8.78 Å².